The number of anilines is 2. The van der Waals surface area contributed by atoms with Crippen LogP contribution in [0.25, 0.3) is 43.6 Å². The van der Waals surface area contributed by atoms with Gasteiger partial charge in [0.15, 0.2) is 15.9 Å². The average Bonchev–Trinajstić information content (AvgIpc) is 3.73. The molecule has 12 nitrogen and oxygen atoms in total. The summed E-state index contributed by atoms with van der Waals surface area (Å²) < 4.78 is 15.9. The first-order valence-corrected chi connectivity index (χ1v) is 15.2. The van der Waals surface area contributed by atoms with Crippen LogP contribution in [0, 0.1) is 0 Å². The van der Waals surface area contributed by atoms with E-state index >= 15 is 0 Å². The van der Waals surface area contributed by atoms with Gasteiger partial charge in [0.05, 0.1) is 34.7 Å². The minimum atomic E-state index is -2.04. The Labute approximate surface area is 267 Å². The van der Waals surface area contributed by atoms with E-state index in [0.29, 0.717) is 27.8 Å². The quantitative estimate of drug-likeness (QED) is 0.127. The fourth-order valence-corrected chi connectivity index (χ4v) is 7.77. The number of rotatable bonds is 3. The average molecular weight is 644 g/mol. The number of thiocarbonyl (C=S) groups is 2. The molecule has 2 aromatic heterocycles. The van der Waals surface area contributed by atoms with Crippen molar-refractivity contribution >= 4 is 102 Å². The van der Waals surface area contributed by atoms with E-state index in [0.717, 1.165) is 55.0 Å². The van der Waals surface area contributed by atoms with Gasteiger partial charge < -0.3 is 50.3 Å². The highest BCUT2D eigenvalue weighted by molar-refractivity contribution is 7.80. The van der Waals surface area contributed by atoms with Crippen LogP contribution < -0.4 is 26.6 Å². The number of aromatic nitrogens is 2. The molecule has 1 amide bonds. The third kappa shape index (κ3) is 3.42. The number of carbonyl (C=O) groups is 2. The van der Waals surface area contributed by atoms with E-state index in [1.807, 2.05) is 45.5 Å². The number of carbonyl (C=O) groups excluding carboxylic acids is 2. The highest BCUT2D eigenvalue weighted by Crippen LogP contribution is 2.58. The number of methoxy groups -OCH3 is 1. The summed E-state index contributed by atoms with van der Waals surface area (Å²) in [6, 6.07) is 11.6. The van der Waals surface area contributed by atoms with Gasteiger partial charge in [0.2, 0.25) is 5.60 Å². The number of fused-ring (bicyclic) bond motifs is 13. The number of ether oxygens (including phenoxy) is 2. The van der Waals surface area contributed by atoms with Crippen LogP contribution in [0.1, 0.15) is 35.5 Å². The predicted molar refractivity (Wildman–Crippen MR) is 180 cm³/mol. The van der Waals surface area contributed by atoms with Crippen molar-refractivity contribution in [3.05, 3.63) is 47.5 Å². The van der Waals surface area contributed by atoms with Crippen LogP contribution in [0.5, 0.6) is 0 Å². The van der Waals surface area contributed by atoms with E-state index in [4.69, 9.17) is 33.9 Å². The van der Waals surface area contributed by atoms with Crippen molar-refractivity contribution < 1.29 is 24.2 Å². The molecule has 0 aliphatic carbocycles. The zero-order valence-corrected chi connectivity index (χ0v) is 26.4. The smallest absolute Gasteiger partial charge is 0.343 e. The maximum atomic E-state index is 13.7. The molecule has 6 N–H and O–H groups in total. The van der Waals surface area contributed by atoms with Crippen LogP contribution in [-0.2, 0) is 26.5 Å². The van der Waals surface area contributed by atoms with Gasteiger partial charge in [0, 0.05) is 60.0 Å². The van der Waals surface area contributed by atoms with Crippen molar-refractivity contribution in [1.82, 2.24) is 25.1 Å². The highest BCUT2D eigenvalue weighted by Gasteiger charge is 2.65. The molecule has 5 aromatic rings. The molecule has 0 saturated carbocycles. The van der Waals surface area contributed by atoms with E-state index in [1.165, 1.54) is 7.11 Å². The summed E-state index contributed by atoms with van der Waals surface area (Å²) in [6.45, 7) is 2.03. The van der Waals surface area contributed by atoms with Crippen molar-refractivity contribution in [3.63, 3.8) is 0 Å². The van der Waals surface area contributed by atoms with Gasteiger partial charge in [-0.15, -0.1) is 0 Å². The van der Waals surface area contributed by atoms with Crippen LogP contribution >= 0.6 is 24.4 Å². The second-order valence-electron chi connectivity index (χ2n) is 11.7. The Morgan fingerprint density at radius 1 is 1.02 bits per heavy atom. The summed E-state index contributed by atoms with van der Waals surface area (Å²) in [7, 11) is 4.74. The molecular formula is C31H29N7O5S2. The van der Waals surface area contributed by atoms with Gasteiger partial charge >= 0.3 is 5.97 Å². The summed E-state index contributed by atoms with van der Waals surface area (Å²) in [4.78, 5) is 27.2. The number of hydrogen-bond donors (Lipinski definition) is 6. The highest BCUT2D eigenvalue weighted by atomic mass is 32.1. The number of benzene rings is 3. The molecule has 3 unspecified atom stereocenters. The predicted octanol–water partition coefficient (Wildman–Crippen LogP) is 3.49. The zero-order chi connectivity index (χ0) is 31.6. The molecule has 2 bridgehead atoms. The van der Waals surface area contributed by atoms with Crippen LogP contribution in [0.15, 0.2) is 36.4 Å². The number of aliphatic hydroxyl groups is 1. The van der Waals surface area contributed by atoms with Gasteiger partial charge in [-0.1, -0.05) is 0 Å². The van der Waals surface area contributed by atoms with Gasteiger partial charge in [-0.2, -0.15) is 0 Å². The Morgan fingerprint density at radius 3 is 2.27 bits per heavy atom. The molecule has 14 heteroatoms. The van der Waals surface area contributed by atoms with Crippen LogP contribution in [0.2, 0.25) is 0 Å². The largest absolute Gasteiger partial charge is 0.467 e. The molecule has 3 aliphatic heterocycles. The third-order valence-corrected chi connectivity index (χ3v) is 10.1. The fraction of sp³-hybridized carbons (Fsp3) is 0.290. The normalized spacial score (nSPS) is 23.0. The Hall–Kier alpha value is -4.50. The lowest BCUT2D eigenvalue weighted by Crippen LogP contribution is -2.56. The molecule has 8 rings (SSSR count). The summed E-state index contributed by atoms with van der Waals surface area (Å²) in [5.41, 5.74) is 2.30. The van der Waals surface area contributed by atoms with Gasteiger partial charge in [0.25, 0.3) is 5.91 Å². The van der Waals surface area contributed by atoms with E-state index in [-0.39, 0.29) is 12.3 Å². The molecule has 0 radical (unpaired) electrons. The van der Waals surface area contributed by atoms with Crippen molar-refractivity contribution in [1.29, 1.82) is 0 Å². The van der Waals surface area contributed by atoms with Gasteiger partial charge in [0.1, 0.15) is 6.23 Å². The van der Waals surface area contributed by atoms with Crippen LogP contribution in [0.3, 0.4) is 0 Å². The lowest BCUT2D eigenvalue weighted by Gasteiger charge is -2.37. The molecule has 45 heavy (non-hydrogen) atoms. The van der Waals surface area contributed by atoms with Crippen molar-refractivity contribution in [2.24, 2.45) is 0 Å². The minimum Gasteiger partial charge on any atom is -0.467 e. The lowest BCUT2D eigenvalue weighted by atomic mass is 9.88. The zero-order valence-electron chi connectivity index (χ0n) is 24.7. The summed E-state index contributed by atoms with van der Waals surface area (Å²) in [5, 5.41) is 31.7. The first-order chi connectivity index (χ1) is 21.6. The minimum absolute atomic E-state index is 0.0706. The second-order valence-corrected chi connectivity index (χ2v) is 12.5. The second kappa shape index (κ2) is 9.26. The maximum absolute atomic E-state index is 13.7. The van der Waals surface area contributed by atoms with E-state index in [9.17, 15) is 14.7 Å². The number of hydrogen-bond acceptors (Lipinski definition) is 7. The third-order valence-electron chi connectivity index (χ3n) is 9.51. The molecule has 230 valence electrons. The molecule has 1 fully saturated rings. The number of nitrogens with one attached hydrogen (secondary N) is 5. The van der Waals surface area contributed by atoms with E-state index in [2.05, 4.69) is 26.6 Å². The molecule has 3 atom stereocenters. The molecule has 3 aromatic carbocycles. The fourth-order valence-electron chi connectivity index (χ4n) is 7.54. The number of nitrogens with zero attached hydrogens (tertiary/aromatic N) is 2. The topological polar surface area (TPSA) is 143 Å². The van der Waals surface area contributed by atoms with Crippen LogP contribution in [0.4, 0.5) is 11.4 Å². The standard InChI is InChI=1S/C31H29N7O5S2/c1-30-31(41,27(40)42-4)11-20(43-30)37-18-7-5-13(35-28(44)32-2)9-15(18)22-23-17(12-34-26(23)39)21-16-10-14(36-29(45)33-3)6-8-19(16)38(30)25(21)24(22)37/h5-10,20,41H,11-12H2,1-4H3,(H,34,39)(H2,32,35,44)(H2,33,36,45). The Kier molecular flexibility index (Phi) is 5.77. The Bertz CT molecular complexity index is 2220. The molecule has 0 spiro atoms. The Morgan fingerprint density at radius 2 is 1.64 bits per heavy atom. The van der Waals surface area contributed by atoms with Gasteiger partial charge in [-0.25, -0.2) is 4.79 Å². The van der Waals surface area contributed by atoms with Gasteiger partial charge in [-0.3, -0.25) is 4.79 Å². The summed E-state index contributed by atoms with van der Waals surface area (Å²) >= 11 is 10.7. The number of esters is 1. The van der Waals surface area contributed by atoms with Crippen molar-refractivity contribution in [2.45, 2.75) is 37.4 Å². The van der Waals surface area contributed by atoms with E-state index < -0.39 is 23.5 Å². The van der Waals surface area contributed by atoms with Crippen LogP contribution in [-0.4, -0.2) is 63.1 Å². The molecule has 5 heterocycles. The van der Waals surface area contributed by atoms with E-state index in [1.54, 1.807) is 21.0 Å². The van der Waals surface area contributed by atoms with Crippen molar-refractivity contribution in [2.75, 3.05) is 31.8 Å². The lowest BCUT2D eigenvalue weighted by molar-refractivity contribution is -0.202. The first kappa shape index (κ1) is 28.0. The SMILES string of the molecule is CNC(=S)Nc1ccc2c(c1)c1c3c(c4c5cc(NC(=S)NC)ccc5n5c4c1n2C1CC(O)(C(=O)OC)C5(C)O1)CNC3=O. The molecule has 1 saturated heterocycles. The monoisotopic (exact) mass is 643 g/mol. The van der Waals surface area contributed by atoms with Gasteiger partial charge in [-0.05, 0) is 73.3 Å². The number of amides is 1. The summed E-state index contributed by atoms with van der Waals surface area (Å²) in [6.07, 6.45) is -0.829. The molecular weight excluding hydrogens is 615 g/mol. The Balaban J connectivity index is 1.59. The first-order valence-electron chi connectivity index (χ1n) is 14.4. The molecule has 3 aliphatic rings. The van der Waals surface area contributed by atoms with Crippen molar-refractivity contribution in [3.8, 4) is 0 Å². The maximum Gasteiger partial charge on any atom is 0.343 e. The summed E-state index contributed by atoms with van der Waals surface area (Å²) in [5.74, 6) is -0.962.